The highest BCUT2D eigenvalue weighted by molar-refractivity contribution is 5.74. The lowest BCUT2D eigenvalue weighted by Gasteiger charge is -2.42. The van der Waals surface area contributed by atoms with Crippen LogP contribution in [0.2, 0.25) is 0 Å². The van der Waals surface area contributed by atoms with Gasteiger partial charge >= 0.3 is 11.9 Å². The maximum absolute atomic E-state index is 12.3. The number of hydrogen-bond acceptors (Lipinski definition) is 6. The standard InChI is InChI=1S/C18H30O6/c1-21-8-10-23-17(19)14-6-7-15-13(12-14)4-3-5-16(15)18(20)24-11-9-22-2/h13-16H,3-12H2,1-2H3. The molecule has 0 aromatic rings. The van der Waals surface area contributed by atoms with Gasteiger partial charge in [0.05, 0.1) is 25.0 Å². The highest BCUT2D eigenvalue weighted by atomic mass is 16.6. The van der Waals surface area contributed by atoms with Crippen LogP contribution >= 0.6 is 0 Å². The third kappa shape index (κ3) is 5.18. The predicted molar refractivity (Wildman–Crippen MR) is 87.3 cm³/mol. The van der Waals surface area contributed by atoms with Crippen LogP contribution in [0, 0.1) is 23.7 Å². The number of methoxy groups -OCH3 is 2. The van der Waals surface area contributed by atoms with Crippen molar-refractivity contribution in [2.24, 2.45) is 23.7 Å². The molecule has 24 heavy (non-hydrogen) atoms. The molecule has 0 aliphatic heterocycles. The van der Waals surface area contributed by atoms with Crippen LogP contribution in [0.25, 0.3) is 0 Å². The maximum atomic E-state index is 12.3. The van der Waals surface area contributed by atoms with E-state index in [-0.39, 0.29) is 23.8 Å². The van der Waals surface area contributed by atoms with Crippen LogP contribution in [-0.2, 0) is 28.5 Å². The summed E-state index contributed by atoms with van der Waals surface area (Å²) in [5, 5.41) is 0. The molecule has 6 heteroatoms. The molecule has 0 saturated heterocycles. The van der Waals surface area contributed by atoms with Crippen LogP contribution < -0.4 is 0 Å². The third-order valence-electron chi connectivity index (χ3n) is 5.35. The van der Waals surface area contributed by atoms with Crippen molar-refractivity contribution in [1.82, 2.24) is 0 Å². The van der Waals surface area contributed by atoms with E-state index < -0.39 is 0 Å². The first-order valence-corrected chi connectivity index (χ1v) is 8.98. The minimum Gasteiger partial charge on any atom is -0.463 e. The molecule has 2 fully saturated rings. The molecule has 6 nitrogen and oxygen atoms in total. The van der Waals surface area contributed by atoms with Gasteiger partial charge in [0.2, 0.25) is 0 Å². The number of fused-ring (bicyclic) bond motifs is 1. The number of esters is 2. The Morgan fingerprint density at radius 2 is 1.50 bits per heavy atom. The lowest BCUT2D eigenvalue weighted by Crippen LogP contribution is -2.40. The largest absolute Gasteiger partial charge is 0.463 e. The van der Waals surface area contributed by atoms with Gasteiger partial charge in [-0.2, -0.15) is 0 Å². The molecule has 0 amide bonds. The van der Waals surface area contributed by atoms with Crippen molar-refractivity contribution in [2.45, 2.75) is 38.5 Å². The molecule has 0 aromatic carbocycles. The minimum atomic E-state index is -0.115. The van der Waals surface area contributed by atoms with Crippen molar-refractivity contribution in [2.75, 3.05) is 40.6 Å². The number of rotatable bonds is 8. The summed E-state index contributed by atoms with van der Waals surface area (Å²) in [5.74, 6) is 0.500. The Labute approximate surface area is 144 Å². The van der Waals surface area contributed by atoms with Gasteiger partial charge in [0.25, 0.3) is 0 Å². The molecule has 2 rings (SSSR count). The topological polar surface area (TPSA) is 71.1 Å². The molecule has 0 radical (unpaired) electrons. The van der Waals surface area contributed by atoms with Crippen molar-refractivity contribution >= 4 is 11.9 Å². The quantitative estimate of drug-likeness (QED) is 0.497. The van der Waals surface area contributed by atoms with Gasteiger partial charge in [0.1, 0.15) is 13.2 Å². The summed E-state index contributed by atoms with van der Waals surface area (Å²) in [7, 11) is 3.18. The summed E-state index contributed by atoms with van der Waals surface area (Å²) in [6.07, 6.45) is 5.55. The van der Waals surface area contributed by atoms with Crippen LogP contribution in [0.4, 0.5) is 0 Å². The van der Waals surface area contributed by atoms with Crippen LogP contribution in [0.3, 0.4) is 0 Å². The Kier molecular flexibility index (Phi) is 7.99. The van der Waals surface area contributed by atoms with E-state index in [4.69, 9.17) is 18.9 Å². The average molecular weight is 342 g/mol. The van der Waals surface area contributed by atoms with Gasteiger partial charge < -0.3 is 18.9 Å². The van der Waals surface area contributed by atoms with Crippen molar-refractivity contribution in [3.05, 3.63) is 0 Å². The lowest BCUT2D eigenvalue weighted by molar-refractivity contribution is -0.157. The molecule has 4 atom stereocenters. The van der Waals surface area contributed by atoms with Crippen molar-refractivity contribution in [1.29, 1.82) is 0 Å². The molecule has 0 bridgehead atoms. The number of ether oxygens (including phenoxy) is 4. The maximum Gasteiger partial charge on any atom is 0.309 e. The first kappa shape index (κ1) is 19.2. The predicted octanol–water partition coefficient (Wildman–Crippen LogP) is 2.20. The fourth-order valence-corrected chi connectivity index (χ4v) is 4.15. The smallest absolute Gasteiger partial charge is 0.309 e. The Hall–Kier alpha value is -1.14. The van der Waals surface area contributed by atoms with Crippen LogP contribution in [-0.4, -0.2) is 52.6 Å². The van der Waals surface area contributed by atoms with Gasteiger partial charge in [-0.25, -0.2) is 0 Å². The van der Waals surface area contributed by atoms with Gasteiger partial charge in [0, 0.05) is 14.2 Å². The molecule has 0 heterocycles. The highest BCUT2D eigenvalue weighted by Crippen LogP contribution is 2.46. The summed E-state index contributed by atoms with van der Waals surface area (Å²) in [6.45, 7) is 1.49. The second-order valence-electron chi connectivity index (χ2n) is 6.79. The molecule has 2 aliphatic rings. The van der Waals surface area contributed by atoms with Gasteiger partial charge in [0.15, 0.2) is 0 Å². The molecule has 0 N–H and O–H groups in total. The van der Waals surface area contributed by atoms with E-state index in [0.717, 1.165) is 38.5 Å². The SMILES string of the molecule is COCCOC(=O)C1CCC2C(CCCC2C(=O)OCCOC)C1. The average Bonchev–Trinajstić information content (AvgIpc) is 2.61. The monoisotopic (exact) mass is 342 g/mol. The van der Waals surface area contributed by atoms with Crippen LogP contribution in [0.5, 0.6) is 0 Å². The van der Waals surface area contributed by atoms with Crippen molar-refractivity contribution in [3.63, 3.8) is 0 Å². The molecular formula is C18H30O6. The summed E-state index contributed by atoms with van der Waals surface area (Å²) in [5.41, 5.74) is 0. The summed E-state index contributed by atoms with van der Waals surface area (Å²) in [6, 6.07) is 0. The molecule has 0 spiro atoms. The lowest BCUT2D eigenvalue weighted by atomic mass is 9.63. The second kappa shape index (κ2) is 9.99. The number of carbonyl (C=O) groups is 2. The Balaban J connectivity index is 1.84. The van der Waals surface area contributed by atoms with Crippen LogP contribution in [0.1, 0.15) is 38.5 Å². The van der Waals surface area contributed by atoms with E-state index in [1.807, 2.05) is 0 Å². The van der Waals surface area contributed by atoms with Gasteiger partial charge in [-0.15, -0.1) is 0 Å². The number of carbonyl (C=O) groups excluding carboxylic acids is 2. The molecule has 4 unspecified atom stereocenters. The van der Waals surface area contributed by atoms with Gasteiger partial charge in [-0.05, 0) is 37.5 Å². The first-order valence-electron chi connectivity index (χ1n) is 8.98. The summed E-state index contributed by atoms with van der Waals surface area (Å²) >= 11 is 0. The zero-order chi connectivity index (χ0) is 17.4. The zero-order valence-electron chi connectivity index (χ0n) is 14.8. The van der Waals surface area contributed by atoms with E-state index >= 15 is 0 Å². The van der Waals surface area contributed by atoms with Gasteiger partial charge in [-0.3, -0.25) is 9.59 Å². The Morgan fingerprint density at radius 3 is 2.17 bits per heavy atom. The summed E-state index contributed by atoms with van der Waals surface area (Å²) < 4.78 is 20.5. The Morgan fingerprint density at radius 1 is 0.833 bits per heavy atom. The van der Waals surface area contributed by atoms with Crippen molar-refractivity contribution < 1.29 is 28.5 Å². The molecule has 0 aromatic heterocycles. The summed E-state index contributed by atoms with van der Waals surface area (Å²) in [4.78, 5) is 24.5. The van der Waals surface area contributed by atoms with E-state index in [1.165, 1.54) is 0 Å². The van der Waals surface area contributed by atoms with E-state index in [2.05, 4.69) is 0 Å². The normalized spacial score (nSPS) is 29.6. The van der Waals surface area contributed by atoms with E-state index in [1.54, 1.807) is 14.2 Å². The molecular weight excluding hydrogens is 312 g/mol. The highest BCUT2D eigenvalue weighted by Gasteiger charge is 2.43. The fourth-order valence-electron chi connectivity index (χ4n) is 4.15. The minimum absolute atomic E-state index is 0.0222. The third-order valence-corrected chi connectivity index (χ3v) is 5.35. The zero-order valence-corrected chi connectivity index (χ0v) is 14.8. The first-order chi connectivity index (χ1) is 11.7. The second-order valence-corrected chi connectivity index (χ2v) is 6.79. The molecule has 138 valence electrons. The Bertz CT molecular complexity index is 410. The van der Waals surface area contributed by atoms with E-state index in [9.17, 15) is 9.59 Å². The van der Waals surface area contributed by atoms with E-state index in [0.29, 0.717) is 38.3 Å². The van der Waals surface area contributed by atoms with Crippen molar-refractivity contribution in [3.8, 4) is 0 Å². The molecule has 2 aliphatic carbocycles. The fraction of sp³-hybridized carbons (Fsp3) is 0.889. The van der Waals surface area contributed by atoms with Crippen LogP contribution in [0.15, 0.2) is 0 Å². The number of hydrogen-bond donors (Lipinski definition) is 0. The molecule has 2 saturated carbocycles. The van der Waals surface area contributed by atoms with Gasteiger partial charge in [-0.1, -0.05) is 12.8 Å².